The molecule has 0 aliphatic heterocycles. The topological polar surface area (TPSA) is 36.7 Å². The van der Waals surface area contributed by atoms with Gasteiger partial charge in [0.05, 0.1) is 11.3 Å². The minimum Gasteiger partial charge on any atom is -0.256 e. The van der Waals surface area contributed by atoms with Crippen LogP contribution in [0.3, 0.4) is 0 Å². The molecule has 0 atom stereocenters. The zero-order valence-electron chi connectivity index (χ0n) is 8.84. The van der Waals surface area contributed by atoms with Gasteiger partial charge in [0.25, 0.3) is 0 Å². The Hall–Kier alpha value is -1.92. The van der Waals surface area contributed by atoms with Gasteiger partial charge in [0.2, 0.25) is 0 Å². The number of pyridine rings is 1. The van der Waals surface area contributed by atoms with Crippen LogP contribution in [-0.2, 0) is 0 Å². The third-order valence-electron chi connectivity index (χ3n) is 2.24. The average Bonchev–Trinajstić information content (AvgIpc) is 2.73. The van der Waals surface area contributed by atoms with Crippen molar-refractivity contribution >= 4 is 23.0 Å². The van der Waals surface area contributed by atoms with Gasteiger partial charge in [-0.3, -0.25) is 4.98 Å². The van der Waals surface area contributed by atoms with E-state index in [0.29, 0.717) is 5.57 Å². The lowest BCUT2D eigenvalue weighted by Crippen LogP contribution is -1.85. The van der Waals surface area contributed by atoms with Gasteiger partial charge >= 0.3 is 0 Å². The molecule has 0 radical (unpaired) electrons. The Morgan fingerprint density at radius 1 is 1.44 bits per heavy atom. The Balaban J connectivity index is 2.43. The normalized spacial score (nSPS) is 11.1. The third-order valence-corrected chi connectivity index (χ3v) is 3.20. The number of nitriles is 1. The Morgan fingerprint density at radius 3 is 2.88 bits per heavy atom. The molecule has 0 fully saturated rings. The minimum absolute atomic E-state index is 0.603. The van der Waals surface area contributed by atoms with Crippen LogP contribution < -0.4 is 0 Å². The minimum atomic E-state index is 0.603. The molecule has 0 aliphatic carbocycles. The molecular formula is C13H10N2S. The molecule has 0 aliphatic rings. The summed E-state index contributed by atoms with van der Waals surface area (Å²) in [7, 11) is 0. The van der Waals surface area contributed by atoms with E-state index >= 15 is 0 Å². The van der Waals surface area contributed by atoms with E-state index in [4.69, 9.17) is 5.26 Å². The standard InChI is InChI=1S/C13H10N2S/c1-10-5-7-16-13(10)8-11(9-14)12-4-2-3-6-15-12/h2-8H,1H3/b11-8+. The fourth-order valence-electron chi connectivity index (χ4n) is 1.35. The zero-order valence-corrected chi connectivity index (χ0v) is 9.66. The number of rotatable bonds is 2. The summed E-state index contributed by atoms with van der Waals surface area (Å²) in [6.07, 6.45) is 3.59. The molecule has 0 unspecified atom stereocenters. The highest BCUT2D eigenvalue weighted by atomic mass is 32.1. The van der Waals surface area contributed by atoms with E-state index in [1.165, 1.54) is 5.56 Å². The van der Waals surface area contributed by atoms with Crippen LogP contribution >= 0.6 is 11.3 Å². The van der Waals surface area contributed by atoms with Crippen LogP contribution in [-0.4, -0.2) is 4.98 Å². The van der Waals surface area contributed by atoms with Crippen molar-refractivity contribution in [3.63, 3.8) is 0 Å². The zero-order chi connectivity index (χ0) is 11.4. The van der Waals surface area contributed by atoms with Gasteiger partial charge in [-0.1, -0.05) is 6.07 Å². The lowest BCUT2D eigenvalue weighted by atomic mass is 10.1. The molecule has 16 heavy (non-hydrogen) atoms. The maximum atomic E-state index is 9.12. The van der Waals surface area contributed by atoms with Crippen molar-refractivity contribution < 1.29 is 0 Å². The maximum absolute atomic E-state index is 9.12. The highest BCUT2D eigenvalue weighted by Crippen LogP contribution is 2.22. The second-order valence-corrected chi connectivity index (χ2v) is 4.30. The first-order valence-corrected chi connectivity index (χ1v) is 5.76. The highest BCUT2D eigenvalue weighted by Gasteiger charge is 2.03. The predicted octanol–water partition coefficient (Wildman–Crippen LogP) is 3.52. The highest BCUT2D eigenvalue weighted by molar-refractivity contribution is 7.11. The quantitative estimate of drug-likeness (QED) is 0.735. The van der Waals surface area contributed by atoms with Crippen LogP contribution in [0, 0.1) is 18.3 Å². The van der Waals surface area contributed by atoms with Crippen molar-refractivity contribution in [2.45, 2.75) is 6.92 Å². The number of allylic oxidation sites excluding steroid dienone is 1. The molecule has 2 nitrogen and oxygen atoms in total. The van der Waals surface area contributed by atoms with E-state index in [2.05, 4.69) is 11.1 Å². The lowest BCUT2D eigenvalue weighted by Gasteiger charge is -1.97. The van der Waals surface area contributed by atoms with E-state index in [0.717, 1.165) is 10.6 Å². The first-order chi connectivity index (χ1) is 7.81. The van der Waals surface area contributed by atoms with Gasteiger partial charge in [-0.05, 0) is 42.1 Å². The lowest BCUT2D eigenvalue weighted by molar-refractivity contribution is 1.28. The molecule has 0 N–H and O–H groups in total. The smallest absolute Gasteiger partial charge is 0.101 e. The number of aryl methyl sites for hydroxylation is 1. The first kappa shape index (κ1) is 10.6. The SMILES string of the molecule is Cc1ccsc1/C=C(\C#N)c1ccccn1. The number of hydrogen-bond donors (Lipinski definition) is 0. The van der Waals surface area contributed by atoms with Crippen LogP contribution in [0.1, 0.15) is 16.1 Å². The molecule has 78 valence electrons. The molecule has 2 rings (SSSR count). The van der Waals surface area contributed by atoms with Crippen LogP contribution in [0.2, 0.25) is 0 Å². The summed E-state index contributed by atoms with van der Waals surface area (Å²) >= 11 is 1.63. The Labute approximate surface area is 98.5 Å². The van der Waals surface area contributed by atoms with E-state index in [9.17, 15) is 0 Å². The van der Waals surface area contributed by atoms with Gasteiger partial charge in [0, 0.05) is 11.1 Å². The summed E-state index contributed by atoms with van der Waals surface area (Å²) < 4.78 is 0. The second kappa shape index (κ2) is 4.73. The molecule has 0 bridgehead atoms. The number of hydrogen-bond acceptors (Lipinski definition) is 3. The van der Waals surface area contributed by atoms with Gasteiger partial charge in [-0.15, -0.1) is 11.3 Å². The molecule has 0 saturated carbocycles. The van der Waals surface area contributed by atoms with Crippen molar-refractivity contribution in [2.24, 2.45) is 0 Å². The van der Waals surface area contributed by atoms with Gasteiger partial charge in [0.15, 0.2) is 0 Å². The first-order valence-electron chi connectivity index (χ1n) is 4.88. The molecule has 3 heteroatoms. The van der Waals surface area contributed by atoms with Crippen molar-refractivity contribution in [1.29, 1.82) is 5.26 Å². The number of aromatic nitrogens is 1. The van der Waals surface area contributed by atoms with Crippen molar-refractivity contribution in [1.82, 2.24) is 4.98 Å². The van der Waals surface area contributed by atoms with Gasteiger partial charge < -0.3 is 0 Å². The summed E-state index contributed by atoms with van der Waals surface area (Å²) in [6, 6.07) is 9.81. The van der Waals surface area contributed by atoms with E-state index < -0.39 is 0 Å². The average molecular weight is 226 g/mol. The number of thiophene rings is 1. The van der Waals surface area contributed by atoms with Crippen molar-refractivity contribution in [3.05, 3.63) is 52.0 Å². The summed E-state index contributed by atoms with van der Waals surface area (Å²) in [4.78, 5) is 5.29. The molecule has 0 amide bonds. The molecule has 0 spiro atoms. The molecule has 2 aromatic heterocycles. The van der Waals surface area contributed by atoms with Crippen LogP contribution in [0.5, 0.6) is 0 Å². The largest absolute Gasteiger partial charge is 0.256 e. The van der Waals surface area contributed by atoms with E-state index in [1.54, 1.807) is 17.5 Å². The Morgan fingerprint density at radius 2 is 2.31 bits per heavy atom. The van der Waals surface area contributed by atoms with E-state index in [1.807, 2.05) is 42.6 Å². The van der Waals surface area contributed by atoms with Crippen molar-refractivity contribution in [2.75, 3.05) is 0 Å². The van der Waals surface area contributed by atoms with Crippen LogP contribution in [0.15, 0.2) is 35.8 Å². The van der Waals surface area contributed by atoms with Gasteiger partial charge in [-0.2, -0.15) is 5.26 Å². The molecular weight excluding hydrogens is 216 g/mol. The fraction of sp³-hybridized carbons (Fsp3) is 0.0769. The Bertz CT molecular complexity index is 547. The van der Waals surface area contributed by atoms with E-state index in [-0.39, 0.29) is 0 Å². The second-order valence-electron chi connectivity index (χ2n) is 3.35. The summed E-state index contributed by atoms with van der Waals surface area (Å²) in [5.41, 5.74) is 2.51. The predicted molar refractivity (Wildman–Crippen MR) is 66.8 cm³/mol. The third kappa shape index (κ3) is 2.18. The van der Waals surface area contributed by atoms with Gasteiger partial charge in [0.1, 0.15) is 6.07 Å². The Kier molecular flexibility index (Phi) is 3.13. The van der Waals surface area contributed by atoms with Gasteiger partial charge in [-0.25, -0.2) is 0 Å². The molecule has 0 saturated heterocycles. The monoisotopic (exact) mass is 226 g/mol. The summed E-state index contributed by atoms with van der Waals surface area (Å²) in [5.74, 6) is 0. The molecule has 0 aromatic carbocycles. The summed E-state index contributed by atoms with van der Waals surface area (Å²) in [5, 5.41) is 11.1. The summed E-state index contributed by atoms with van der Waals surface area (Å²) in [6.45, 7) is 2.04. The van der Waals surface area contributed by atoms with Crippen LogP contribution in [0.4, 0.5) is 0 Å². The van der Waals surface area contributed by atoms with Crippen LogP contribution in [0.25, 0.3) is 11.6 Å². The fourth-order valence-corrected chi connectivity index (χ4v) is 2.21. The molecule has 2 aromatic rings. The maximum Gasteiger partial charge on any atom is 0.101 e. The number of nitrogens with zero attached hydrogens (tertiary/aromatic N) is 2. The van der Waals surface area contributed by atoms with Crippen molar-refractivity contribution in [3.8, 4) is 6.07 Å². The molecule has 2 heterocycles.